The van der Waals surface area contributed by atoms with Gasteiger partial charge in [0.1, 0.15) is 0 Å². The number of hydrogen-bond acceptors (Lipinski definition) is 3. The van der Waals surface area contributed by atoms with E-state index in [9.17, 15) is 0 Å². The summed E-state index contributed by atoms with van der Waals surface area (Å²) in [6, 6.07) is 9.44. The van der Waals surface area contributed by atoms with E-state index in [-0.39, 0.29) is 12.4 Å². The van der Waals surface area contributed by atoms with E-state index in [1.807, 2.05) is 0 Å². The molecule has 1 aliphatic heterocycles. The van der Waals surface area contributed by atoms with Crippen LogP contribution in [0.5, 0.6) is 0 Å². The largest absolute Gasteiger partial charge is 0.380 e. The number of halogens is 1. The number of ether oxygens (including phenoxy) is 1. The third-order valence-corrected chi connectivity index (χ3v) is 3.90. The Hall–Kier alpha value is -0.610. The zero-order valence-electron chi connectivity index (χ0n) is 12.6. The lowest BCUT2D eigenvalue weighted by molar-refractivity contribution is 0.184. The third-order valence-electron chi connectivity index (χ3n) is 3.90. The average molecular weight is 299 g/mol. The Morgan fingerprint density at radius 1 is 1.25 bits per heavy atom. The van der Waals surface area contributed by atoms with E-state index in [0.717, 1.165) is 13.1 Å². The number of nitrogens with zero attached hydrogens (tertiary/aromatic N) is 1. The molecule has 1 aromatic carbocycles. The van der Waals surface area contributed by atoms with Gasteiger partial charge in [0.25, 0.3) is 0 Å². The molecule has 0 aliphatic carbocycles. The Balaban J connectivity index is 0.00000200. The number of rotatable bonds is 5. The summed E-state index contributed by atoms with van der Waals surface area (Å²) in [6.45, 7) is 4.06. The summed E-state index contributed by atoms with van der Waals surface area (Å²) in [4.78, 5) is 2.50. The van der Waals surface area contributed by atoms with Gasteiger partial charge in [0.2, 0.25) is 0 Å². The van der Waals surface area contributed by atoms with Crippen molar-refractivity contribution < 1.29 is 4.74 Å². The van der Waals surface area contributed by atoms with Gasteiger partial charge in [-0.15, -0.1) is 12.4 Å². The first kappa shape index (κ1) is 17.4. The standard InChI is InChI=1S/C16H26N2O.ClH/c1-18(16-7-4-9-17-10-8-16)12-14-5-3-6-15(11-14)13-19-2;/h3,5-6,11,16-17H,4,7-10,12-13H2,1-2H3;1H. The van der Waals surface area contributed by atoms with Gasteiger partial charge < -0.3 is 10.1 Å². The Morgan fingerprint density at radius 3 is 2.85 bits per heavy atom. The maximum atomic E-state index is 5.20. The molecule has 0 bridgehead atoms. The summed E-state index contributed by atoms with van der Waals surface area (Å²) in [5.41, 5.74) is 2.64. The number of nitrogens with one attached hydrogen (secondary N) is 1. The Labute approximate surface area is 129 Å². The summed E-state index contributed by atoms with van der Waals surface area (Å²) < 4.78 is 5.20. The SMILES string of the molecule is COCc1cccc(CN(C)C2CCCNCC2)c1.Cl. The number of benzene rings is 1. The molecule has 4 heteroatoms. The maximum absolute atomic E-state index is 5.20. The van der Waals surface area contributed by atoms with Gasteiger partial charge >= 0.3 is 0 Å². The van der Waals surface area contributed by atoms with E-state index in [1.54, 1.807) is 7.11 Å². The maximum Gasteiger partial charge on any atom is 0.0713 e. The van der Waals surface area contributed by atoms with Crippen LogP contribution in [-0.4, -0.2) is 38.2 Å². The molecule has 2 rings (SSSR count). The quantitative estimate of drug-likeness (QED) is 0.905. The molecular weight excluding hydrogens is 272 g/mol. The van der Waals surface area contributed by atoms with Crippen LogP contribution in [0.4, 0.5) is 0 Å². The normalized spacial score (nSPS) is 19.4. The van der Waals surface area contributed by atoms with Crippen molar-refractivity contribution in [1.29, 1.82) is 0 Å². The molecular formula is C16H27ClN2O. The van der Waals surface area contributed by atoms with Gasteiger partial charge in [0.05, 0.1) is 6.61 Å². The third kappa shape index (κ3) is 5.41. The van der Waals surface area contributed by atoms with Crippen molar-refractivity contribution >= 4 is 12.4 Å². The molecule has 1 heterocycles. The molecule has 0 radical (unpaired) electrons. The minimum Gasteiger partial charge on any atom is -0.380 e. The van der Waals surface area contributed by atoms with Crippen LogP contribution < -0.4 is 5.32 Å². The molecule has 20 heavy (non-hydrogen) atoms. The summed E-state index contributed by atoms with van der Waals surface area (Å²) in [5, 5.41) is 3.48. The second-order valence-corrected chi connectivity index (χ2v) is 5.50. The smallest absolute Gasteiger partial charge is 0.0713 e. The van der Waals surface area contributed by atoms with Crippen molar-refractivity contribution in [3.05, 3.63) is 35.4 Å². The van der Waals surface area contributed by atoms with Crippen LogP contribution in [0.3, 0.4) is 0 Å². The molecule has 1 atom stereocenters. The molecule has 3 nitrogen and oxygen atoms in total. The molecule has 0 spiro atoms. The van der Waals surface area contributed by atoms with Crippen molar-refractivity contribution in [1.82, 2.24) is 10.2 Å². The predicted molar refractivity (Wildman–Crippen MR) is 86.4 cm³/mol. The van der Waals surface area contributed by atoms with Crippen molar-refractivity contribution in [2.24, 2.45) is 0 Å². The monoisotopic (exact) mass is 298 g/mol. The Kier molecular flexibility index (Phi) is 8.15. The summed E-state index contributed by atoms with van der Waals surface area (Å²) >= 11 is 0. The zero-order valence-corrected chi connectivity index (χ0v) is 13.4. The van der Waals surface area contributed by atoms with Gasteiger partial charge in [-0.1, -0.05) is 24.3 Å². The van der Waals surface area contributed by atoms with Crippen LogP contribution in [0.1, 0.15) is 30.4 Å². The number of methoxy groups -OCH3 is 1. The van der Waals surface area contributed by atoms with E-state index in [4.69, 9.17) is 4.74 Å². The fraction of sp³-hybridized carbons (Fsp3) is 0.625. The minimum absolute atomic E-state index is 0. The fourth-order valence-electron chi connectivity index (χ4n) is 2.84. The topological polar surface area (TPSA) is 24.5 Å². The summed E-state index contributed by atoms with van der Waals surface area (Å²) in [6.07, 6.45) is 3.86. The predicted octanol–water partition coefficient (Wildman–Crippen LogP) is 2.83. The lowest BCUT2D eigenvalue weighted by Crippen LogP contribution is -2.32. The van der Waals surface area contributed by atoms with Gasteiger partial charge in [-0.3, -0.25) is 4.90 Å². The van der Waals surface area contributed by atoms with Gasteiger partial charge in [0, 0.05) is 19.7 Å². The highest BCUT2D eigenvalue weighted by atomic mass is 35.5. The van der Waals surface area contributed by atoms with Crippen molar-refractivity contribution in [3.63, 3.8) is 0 Å². The molecule has 1 saturated heterocycles. The van der Waals surface area contributed by atoms with Crippen LogP contribution in [0.25, 0.3) is 0 Å². The summed E-state index contributed by atoms with van der Waals surface area (Å²) in [7, 11) is 4.00. The molecule has 1 N–H and O–H groups in total. The zero-order chi connectivity index (χ0) is 13.5. The number of hydrogen-bond donors (Lipinski definition) is 1. The molecule has 0 aromatic heterocycles. The lowest BCUT2D eigenvalue weighted by Gasteiger charge is -2.27. The molecule has 114 valence electrons. The van der Waals surface area contributed by atoms with E-state index in [0.29, 0.717) is 12.6 Å². The highest BCUT2D eigenvalue weighted by Crippen LogP contribution is 2.16. The molecule has 1 aromatic rings. The van der Waals surface area contributed by atoms with Crippen LogP contribution in [-0.2, 0) is 17.9 Å². The van der Waals surface area contributed by atoms with Gasteiger partial charge in [0.15, 0.2) is 0 Å². The average Bonchev–Trinajstić information content (AvgIpc) is 2.68. The van der Waals surface area contributed by atoms with Crippen molar-refractivity contribution in [2.75, 3.05) is 27.2 Å². The first-order valence-corrected chi connectivity index (χ1v) is 7.27. The second-order valence-electron chi connectivity index (χ2n) is 5.50. The van der Waals surface area contributed by atoms with Crippen LogP contribution in [0.15, 0.2) is 24.3 Å². The highest BCUT2D eigenvalue weighted by Gasteiger charge is 2.16. The van der Waals surface area contributed by atoms with E-state index in [1.165, 1.54) is 36.9 Å². The fourth-order valence-corrected chi connectivity index (χ4v) is 2.84. The lowest BCUT2D eigenvalue weighted by atomic mass is 10.1. The first-order valence-electron chi connectivity index (χ1n) is 7.27. The molecule has 0 amide bonds. The van der Waals surface area contributed by atoms with Gasteiger partial charge in [-0.2, -0.15) is 0 Å². The van der Waals surface area contributed by atoms with Crippen LogP contribution >= 0.6 is 12.4 Å². The highest BCUT2D eigenvalue weighted by molar-refractivity contribution is 5.85. The second kappa shape index (κ2) is 9.35. The summed E-state index contributed by atoms with van der Waals surface area (Å²) in [5.74, 6) is 0. The first-order chi connectivity index (χ1) is 9.29. The molecule has 0 saturated carbocycles. The molecule has 1 fully saturated rings. The molecule has 1 unspecified atom stereocenters. The van der Waals surface area contributed by atoms with Crippen LogP contribution in [0, 0.1) is 0 Å². The molecule has 1 aliphatic rings. The van der Waals surface area contributed by atoms with Gasteiger partial charge in [-0.05, 0) is 50.5 Å². The Bertz CT molecular complexity index is 378. The van der Waals surface area contributed by atoms with Gasteiger partial charge in [-0.25, -0.2) is 0 Å². The Morgan fingerprint density at radius 2 is 2.05 bits per heavy atom. The van der Waals surface area contributed by atoms with Crippen molar-refractivity contribution in [3.8, 4) is 0 Å². The van der Waals surface area contributed by atoms with Crippen LogP contribution in [0.2, 0.25) is 0 Å². The minimum atomic E-state index is 0. The van der Waals surface area contributed by atoms with E-state index in [2.05, 4.69) is 41.5 Å². The van der Waals surface area contributed by atoms with E-state index >= 15 is 0 Å². The van der Waals surface area contributed by atoms with Crippen molar-refractivity contribution in [2.45, 2.75) is 38.5 Å². The van der Waals surface area contributed by atoms with E-state index < -0.39 is 0 Å².